The van der Waals surface area contributed by atoms with Crippen molar-refractivity contribution in [3.8, 4) is 11.5 Å². The van der Waals surface area contributed by atoms with E-state index in [-0.39, 0.29) is 5.57 Å². The molecule has 3 aromatic rings. The second-order valence-electron chi connectivity index (χ2n) is 8.17. The molecule has 4 rings (SSSR count). The number of halogens is 2. The van der Waals surface area contributed by atoms with Crippen molar-refractivity contribution in [2.45, 2.75) is 20.5 Å². The first-order chi connectivity index (χ1) is 17.2. The van der Waals surface area contributed by atoms with Crippen LogP contribution in [0.25, 0.3) is 6.08 Å². The third-order valence-corrected chi connectivity index (χ3v) is 6.96. The third kappa shape index (κ3) is 5.37. The Morgan fingerprint density at radius 2 is 1.64 bits per heavy atom. The number of methoxy groups -OCH3 is 1. The predicted molar refractivity (Wildman–Crippen MR) is 144 cm³/mol. The van der Waals surface area contributed by atoms with Crippen LogP contribution in [0.15, 0.2) is 69.1 Å². The summed E-state index contributed by atoms with van der Waals surface area (Å²) >= 11 is 6.90. The zero-order chi connectivity index (χ0) is 26.0. The summed E-state index contributed by atoms with van der Waals surface area (Å²) in [5, 5.41) is 2.25. The standard InChI is InChI=1S/C27H22Br2N2O5/c1-15-4-9-20(10-16(15)2)31-26(33)21(25(32)30-27(31)34)11-18-12-23(35-3)24(13-22(18)29)36-14-17-5-7-19(28)8-6-17/h4-13H,14H2,1-3H3,(H,30,32,34)/b21-11+. The van der Waals surface area contributed by atoms with Gasteiger partial charge in [0.05, 0.1) is 12.8 Å². The van der Waals surface area contributed by atoms with Crippen LogP contribution in [0.2, 0.25) is 0 Å². The highest BCUT2D eigenvalue weighted by molar-refractivity contribution is 9.10. The molecule has 1 fully saturated rings. The van der Waals surface area contributed by atoms with E-state index in [1.54, 1.807) is 24.3 Å². The zero-order valence-electron chi connectivity index (χ0n) is 19.7. The highest BCUT2D eigenvalue weighted by atomic mass is 79.9. The normalized spacial score (nSPS) is 14.8. The average Bonchev–Trinajstić information content (AvgIpc) is 2.84. The number of barbiturate groups is 1. The Bertz CT molecular complexity index is 1400. The van der Waals surface area contributed by atoms with Crippen molar-refractivity contribution >= 4 is 61.5 Å². The number of aryl methyl sites for hydroxylation is 2. The van der Waals surface area contributed by atoms with E-state index >= 15 is 0 Å². The third-order valence-electron chi connectivity index (χ3n) is 5.74. The van der Waals surface area contributed by atoms with Crippen LogP contribution < -0.4 is 19.7 Å². The SMILES string of the molecule is COc1cc(/C=C2\C(=O)NC(=O)N(c3ccc(C)c(C)c3)C2=O)c(Br)cc1OCc1ccc(Br)cc1. The van der Waals surface area contributed by atoms with Crippen LogP contribution in [-0.2, 0) is 16.2 Å². The van der Waals surface area contributed by atoms with E-state index in [0.29, 0.717) is 33.8 Å². The zero-order valence-corrected chi connectivity index (χ0v) is 22.9. The molecule has 1 heterocycles. The second-order valence-corrected chi connectivity index (χ2v) is 9.94. The van der Waals surface area contributed by atoms with Crippen LogP contribution >= 0.6 is 31.9 Å². The summed E-state index contributed by atoms with van der Waals surface area (Å²) < 4.78 is 13.0. The molecule has 7 nitrogen and oxygen atoms in total. The molecule has 184 valence electrons. The monoisotopic (exact) mass is 612 g/mol. The largest absolute Gasteiger partial charge is 0.493 e. The van der Waals surface area contributed by atoms with Gasteiger partial charge in [-0.3, -0.25) is 14.9 Å². The molecule has 1 aliphatic rings. The van der Waals surface area contributed by atoms with Gasteiger partial charge in [0.15, 0.2) is 11.5 Å². The number of hydrogen-bond donors (Lipinski definition) is 1. The van der Waals surface area contributed by atoms with Crippen molar-refractivity contribution in [1.82, 2.24) is 5.32 Å². The fourth-order valence-corrected chi connectivity index (χ4v) is 4.29. The molecule has 0 radical (unpaired) electrons. The van der Waals surface area contributed by atoms with Gasteiger partial charge < -0.3 is 9.47 Å². The molecular weight excluding hydrogens is 592 g/mol. The first-order valence-corrected chi connectivity index (χ1v) is 12.5. The minimum absolute atomic E-state index is 0.181. The molecule has 0 saturated carbocycles. The highest BCUT2D eigenvalue weighted by Crippen LogP contribution is 2.36. The van der Waals surface area contributed by atoms with E-state index in [1.807, 2.05) is 44.2 Å². The summed E-state index contributed by atoms with van der Waals surface area (Å²) in [5.41, 5.74) is 3.63. The van der Waals surface area contributed by atoms with E-state index in [9.17, 15) is 14.4 Å². The van der Waals surface area contributed by atoms with Gasteiger partial charge in [-0.25, -0.2) is 9.69 Å². The number of nitrogens with one attached hydrogen (secondary N) is 1. The van der Waals surface area contributed by atoms with Gasteiger partial charge >= 0.3 is 6.03 Å². The number of carbonyl (C=O) groups excluding carboxylic acids is 3. The fraction of sp³-hybridized carbons (Fsp3) is 0.148. The molecule has 4 amide bonds. The lowest BCUT2D eigenvalue weighted by Gasteiger charge is -2.27. The number of amides is 4. The predicted octanol–water partition coefficient (Wildman–Crippen LogP) is 6.08. The second kappa shape index (κ2) is 10.7. The molecule has 0 aliphatic carbocycles. The lowest BCUT2D eigenvalue weighted by atomic mass is 10.0. The van der Waals surface area contributed by atoms with Gasteiger partial charge in [-0.1, -0.05) is 50.1 Å². The van der Waals surface area contributed by atoms with Gasteiger partial charge in [0.1, 0.15) is 12.2 Å². The van der Waals surface area contributed by atoms with Crippen LogP contribution in [0.4, 0.5) is 10.5 Å². The highest BCUT2D eigenvalue weighted by Gasteiger charge is 2.37. The Morgan fingerprint density at radius 3 is 2.31 bits per heavy atom. The van der Waals surface area contributed by atoms with Crippen molar-refractivity contribution in [2.24, 2.45) is 0 Å². The summed E-state index contributed by atoms with van der Waals surface area (Å²) in [5.74, 6) is -0.575. The molecule has 0 spiro atoms. The summed E-state index contributed by atoms with van der Waals surface area (Å²) in [7, 11) is 1.51. The molecule has 36 heavy (non-hydrogen) atoms. The topological polar surface area (TPSA) is 84.9 Å². The first kappa shape index (κ1) is 25.7. The van der Waals surface area contributed by atoms with Gasteiger partial charge in [0, 0.05) is 8.95 Å². The average molecular weight is 614 g/mol. The molecule has 3 aromatic carbocycles. The lowest BCUT2D eigenvalue weighted by Crippen LogP contribution is -2.54. The van der Waals surface area contributed by atoms with Crippen molar-refractivity contribution < 1.29 is 23.9 Å². The maximum absolute atomic E-state index is 13.3. The van der Waals surface area contributed by atoms with Crippen molar-refractivity contribution in [2.75, 3.05) is 12.0 Å². The van der Waals surface area contributed by atoms with E-state index in [1.165, 1.54) is 13.2 Å². The molecule has 0 bridgehead atoms. The van der Waals surface area contributed by atoms with Gasteiger partial charge in [-0.2, -0.15) is 0 Å². The van der Waals surface area contributed by atoms with Crippen LogP contribution in [0.1, 0.15) is 22.3 Å². The van der Waals surface area contributed by atoms with Gasteiger partial charge in [-0.15, -0.1) is 0 Å². The molecule has 0 aromatic heterocycles. The minimum Gasteiger partial charge on any atom is -0.493 e. The molecular formula is C27H22Br2N2O5. The molecule has 9 heteroatoms. The number of anilines is 1. The molecule has 1 aliphatic heterocycles. The van der Waals surface area contributed by atoms with Crippen LogP contribution in [0.3, 0.4) is 0 Å². The van der Waals surface area contributed by atoms with Crippen molar-refractivity contribution in [3.63, 3.8) is 0 Å². The maximum Gasteiger partial charge on any atom is 0.335 e. The van der Waals surface area contributed by atoms with Crippen LogP contribution in [-0.4, -0.2) is 25.0 Å². The molecule has 0 unspecified atom stereocenters. The van der Waals surface area contributed by atoms with E-state index < -0.39 is 17.8 Å². The Kier molecular flexibility index (Phi) is 7.61. The number of hydrogen-bond acceptors (Lipinski definition) is 5. The Hall–Kier alpha value is -3.43. The maximum atomic E-state index is 13.3. The number of carbonyl (C=O) groups is 3. The van der Waals surface area contributed by atoms with Crippen molar-refractivity contribution in [1.29, 1.82) is 0 Å². The van der Waals surface area contributed by atoms with E-state index in [0.717, 1.165) is 26.1 Å². The summed E-state index contributed by atoms with van der Waals surface area (Å²) in [6.45, 7) is 4.14. The Labute approximate surface area is 225 Å². The molecule has 1 N–H and O–H groups in total. The first-order valence-electron chi connectivity index (χ1n) is 10.9. The number of benzene rings is 3. The quantitative estimate of drug-likeness (QED) is 0.269. The Morgan fingerprint density at radius 1 is 0.917 bits per heavy atom. The van der Waals surface area contributed by atoms with Crippen molar-refractivity contribution in [3.05, 3.63) is 91.4 Å². The van der Waals surface area contributed by atoms with Gasteiger partial charge in [0.25, 0.3) is 11.8 Å². The van der Waals surface area contributed by atoms with E-state index in [2.05, 4.69) is 37.2 Å². The Balaban J connectivity index is 1.64. The number of urea groups is 1. The lowest BCUT2D eigenvalue weighted by molar-refractivity contribution is -0.122. The summed E-state index contributed by atoms with van der Waals surface area (Å²) in [4.78, 5) is 39.4. The fourth-order valence-electron chi connectivity index (χ4n) is 3.59. The number of imide groups is 2. The summed E-state index contributed by atoms with van der Waals surface area (Å²) in [6, 6.07) is 15.5. The molecule has 0 atom stereocenters. The van der Waals surface area contributed by atoms with Gasteiger partial charge in [-0.05, 0) is 78.6 Å². The van der Waals surface area contributed by atoms with Gasteiger partial charge in [0.2, 0.25) is 0 Å². The molecule has 1 saturated heterocycles. The number of nitrogens with zero attached hydrogens (tertiary/aromatic N) is 1. The minimum atomic E-state index is -0.793. The number of ether oxygens (including phenoxy) is 2. The smallest absolute Gasteiger partial charge is 0.335 e. The number of rotatable bonds is 6. The van der Waals surface area contributed by atoms with E-state index in [4.69, 9.17) is 9.47 Å². The van der Waals surface area contributed by atoms with Crippen LogP contribution in [0.5, 0.6) is 11.5 Å². The van der Waals surface area contributed by atoms with Crippen LogP contribution in [0, 0.1) is 13.8 Å². The summed E-state index contributed by atoms with van der Waals surface area (Å²) in [6.07, 6.45) is 1.42.